The minimum Gasteiger partial charge on any atom is -0.367 e. The predicted octanol–water partition coefficient (Wildman–Crippen LogP) is 4.78. The van der Waals surface area contributed by atoms with Crippen LogP contribution in [0.2, 0.25) is 0 Å². The van der Waals surface area contributed by atoms with Crippen LogP contribution in [0.1, 0.15) is 47.1 Å². The minimum absolute atomic E-state index is 0.139. The SMILES string of the molecule is CC(C)(C)NC(=O)N1CCN(c2ccc(NC(=O)c3cccc(F)c3)cc2C(=O)NCc2ccc(F)cc2)CC1. The summed E-state index contributed by atoms with van der Waals surface area (Å²) >= 11 is 0. The third-order valence-electron chi connectivity index (χ3n) is 6.34. The van der Waals surface area contributed by atoms with Crippen molar-refractivity contribution in [3.63, 3.8) is 0 Å². The maximum Gasteiger partial charge on any atom is 0.317 e. The van der Waals surface area contributed by atoms with E-state index in [4.69, 9.17) is 0 Å². The van der Waals surface area contributed by atoms with Gasteiger partial charge in [-0.15, -0.1) is 0 Å². The van der Waals surface area contributed by atoms with Crippen molar-refractivity contribution in [2.24, 2.45) is 0 Å². The number of piperazine rings is 1. The van der Waals surface area contributed by atoms with Crippen LogP contribution in [-0.4, -0.2) is 54.5 Å². The Bertz CT molecular complexity index is 1380. The van der Waals surface area contributed by atoms with Gasteiger partial charge < -0.3 is 25.8 Å². The van der Waals surface area contributed by atoms with Crippen LogP contribution in [0.5, 0.6) is 0 Å². The minimum atomic E-state index is -0.529. The zero-order valence-corrected chi connectivity index (χ0v) is 22.8. The predicted molar refractivity (Wildman–Crippen MR) is 150 cm³/mol. The first-order chi connectivity index (χ1) is 19.0. The van der Waals surface area contributed by atoms with Gasteiger partial charge in [0.05, 0.1) is 5.56 Å². The average molecular weight is 550 g/mol. The van der Waals surface area contributed by atoms with Gasteiger partial charge in [-0.1, -0.05) is 18.2 Å². The zero-order valence-electron chi connectivity index (χ0n) is 22.8. The summed E-state index contributed by atoms with van der Waals surface area (Å²) in [5.41, 5.74) is 1.87. The molecule has 3 aromatic carbocycles. The van der Waals surface area contributed by atoms with Gasteiger partial charge in [0.25, 0.3) is 11.8 Å². The van der Waals surface area contributed by atoms with Crippen LogP contribution in [-0.2, 0) is 6.54 Å². The van der Waals surface area contributed by atoms with Gasteiger partial charge in [-0.2, -0.15) is 0 Å². The van der Waals surface area contributed by atoms with Gasteiger partial charge in [0.15, 0.2) is 0 Å². The summed E-state index contributed by atoms with van der Waals surface area (Å²) in [5.74, 6) is -1.79. The third kappa shape index (κ3) is 7.56. The first-order valence-corrected chi connectivity index (χ1v) is 13.0. The van der Waals surface area contributed by atoms with Crippen LogP contribution < -0.4 is 20.9 Å². The molecule has 3 N–H and O–H groups in total. The normalized spacial score (nSPS) is 13.5. The molecule has 0 radical (unpaired) electrons. The lowest BCUT2D eigenvalue weighted by molar-refractivity contribution is 0.0949. The highest BCUT2D eigenvalue weighted by molar-refractivity contribution is 6.06. The lowest BCUT2D eigenvalue weighted by Crippen LogP contribution is -2.55. The van der Waals surface area contributed by atoms with E-state index in [9.17, 15) is 23.2 Å². The van der Waals surface area contributed by atoms with E-state index in [1.165, 1.54) is 30.3 Å². The van der Waals surface area contributed by atoms with E-state index >= 15 is 0 Å². The number of carbonyl (C=O) groups is 3. The van der Waals surface area contributed by atoms with Crippen molar-refractivity contribution in [1.29, 1.82) is 0 Å². The number of amides is 4. The second-order valence-electron chi connectivity index (χ2n) is 10.7. The molecule has 0 saturated carbocycles. The van der Waals surface area contributed by atoms with Crippen molar-refractivity contribution in [3.8, 4) is 0 Å². The second-order valence-corrected chi connectivity index (χ2v) is 10.7. The lowest BCUT2D eigenvalue weighted by atomic mass is 10.1. The number of rotatable bonds is 6. The molecular weight excluding hydrogens is 516 g/mol. The molecule has 1 heterocycles. The maximum atomic E-state index is 13.6. The largest absolute Gasteiger partial charge is 0.367 e. The molecule has 40 heavy (non-hydrogen) atoms. The molecule has 3 aromatic rings. The summed E-state index contributed by atoms with van der Waals surface area (Å²) in [6, 6.07) is 16.0. The average Bonchev–Trinajstić information content (AvgIpc) is 2.91. The Kier molecular flexibility index (Phi) is 8.67. The van der Waals surface area contributed by atoms with Crippen LogP contribution in [0.3, 0.4) is 0 Å². The molecule has 0 unspecified atom stereocenters. The Morgan fingerprint density at radius 1 is 0.825 bits per heavy atom. The Hall–Kier alpha value is -4.47. The smallest absolute Gasteiger partial charge is 0.317 e. The van der Waals surface area contributed by atoms with E-state index in [1.807, 2.05) is 25.7 Å². The third-order valence-corrected chi connectivity index (χ3v) is 6.34. The highest BCUT2D eigenvalue weighted by Crippen LogP contribution is 2.26. The molecule has 1 fully saturated rings. The Morgan fingerprint density at radius 2 is 1.52 bits per heavy atom. The highest BCUT2D eigenvalue weighted by Gasteiger charge is 2.26. The van der Waals surface area contributed by atoms with Crippen LogP contribution in [0, 0.1) is 11.6 Å². The van der Waals surface area contributed by atoms with Crippen molar-refractivity contribution in [1.82, 2.24) is 15.5 Å². The van der Waals surface area contributed by atoms with E-state index < -0.39 is 11.7 Å². The summed E-state index contributed by atoms with van der Waals surface area (Å²) in [5, 5.41) is 8.56. The number of anilines is 2. The summed E-state index contributed by atoms with van der Waals surface area (Å²) in [6.07, 6.45) is 0. The number of benzene rings is 3. The number of urea groups is 1. The number of halogens is 2. The monoisotopic (exact) mass is 549 g/mol. The second kappa shape index (κ2) is 12.1. The molecule has 4 rings (SSSR count). The summed E-state index contributed by atoms with van der Waals surface area (Å²) in [7, 11) is 0. The van der Waals surface area contributed by atoms with Crippen LogP contribution in [0.4, 0.5) is 25.0 Å². The number of nitrogens with zero attached hydrogens (tertiary/aromatic N) is 2. The number of carbonyl (C=O) groups excluding carboxylic acids is 3. The van der Waals surface area contributed by atoms with Crippen LogP contribution in [0.25, 0.3) is 0 Å². The quantitative estimate of drug-likeness (QED) is 0.413. The first kappa shape index (κ1) is 28.5. The Balaban J connectivity index is 1.53. The van der Waals surface area contributed by atoms with Crippen molar-refractivity contribution in [3.05, 3.63) is 95.1 Å². The lowest BCUT2D eigenvalue weighted by Gasteiger charge is -2.38. The van der Waals surface area contributed by atoms with Gasteiger partial charge in [-0.25, -0.2) is 13.6 Å². The van der Waals surface area contributed by atoms with Gasteiger partial charge in [-0.05, 0) is 74.9 Å². The summed E-state index contributed by atoms with van der Waals surface area (Å²) < 4.78 is 26.9. The van der Waals surface area contributed by atoms with Gasteiger partial charge in [0.2, 0.25) is 0 Å². The molecule has 0 atom stereocenters. The van der Waals surface area contributed by atoms with E-state index in [0.29, 0.717) is 43.1 Å². The highest BCUT2D eigenvalue weighted by atomic mass is 19.1. The fraction of sp³-hybridized carbons (Fsp3) is 0.300. The van der Waals surface area contributed by atoms with Crippen LogP contribution >= 0.6 is 0 Å². The first-order valence-electron chi connectivity index (χ1n) is 13.0. The fourth-order valence-electron chi connectivity index (χ4n) is 4.33. The van der Waals surface area contributed by atoms with E-state index in [1.54, 1.807) is 35.2 Å². The topological polar surface area (TPSA) is 93.8 Å². The van der Waals surface area contributed by atoms with E-state index in [2.05, 4.69) is 16.0 Å². The Labute approximate surface area is 232 Å². The fourth-order valence-corrected chi connectivity index (χ4v) is 4.33. The number of hydrogen-bond donors (Lipinski definition) is 3. The molecule has 1 aliphatic heterocycles. The zero-order chi connectivity index (χ0) is 28.9. The molecule has 210 valence electrons. The van der Waals surface area contributed by atoms with Gasteiger partial charge >= 0.3 is 6.03 Å². The summed E-state index contributed by atoms with van der Waals surface area (Å²) in [6.45, 7) is 7.90. The van der Waals surface area contributed by atoms with Crippen molar-refractivity contribution in [2.45, 2.75) is 32.9 Å². The van der Waals surface area contributed by atoms with Gasteiger partial charge in [-0.3, -0.25) is 9.59 Å². The molecule has 0 aliphatic carbocycles. The molecule has 10 heteroatoms. The number of nitrogens with one attached hydrogen (secondary N) is 3. The Morgan fingerprint density at radius 3 is 2.17 bits per heavy atom. The van der Waals surface area contributed by atoms with E-state index in [0.717, 1.165) is 11.6 Å². The molecule has 8 nitrogen and oxygen atoms in total. The molecule has 0 aromatic heterocycles. The van der Waals surface area contributed by atoms with Crippen molar-refractivity contribution in [2.75, 3.05) is 36.4 Å². The molecule has 0 bridgehead atoms. The van der Waals surface area contributed by atoms with Crippen molar-refractivity contribution >= 4 is 29.2 Å². The van der Waals surface area contributed by atoms with Gasteiger partial charge in [0, 0.05) is 55.2 Å². The molecular formula is C30H33F2N5O3. The number of hydrogen-bond acceptors (Lipinski definition) is 4. The molecule has 0 spiro atoms. The standard InChI is InChI=1S/C30H33F2N5O3/c1-30(2,3)35-29(40)37-15-13-36(14-16-37)26-12-11-24(34-27(38)21-5-4-6-23(32)17-21)18-25(26)28(39)33-19-20-7-9-22(31)10-8-20/h4-12,17-18H,13-16,19H2,1-3H3,(H,33,39)(H,34,38)(H,35,40). The molecule has 1 aliphatic rings. The summed E-state index contributed by atoms with van der Waals surface area (Å²) in [4.78, 5) is 42.5. The molecule has 4 amide bonds. The van der Waals surface area contributed by atoms with Crippen molar-refractivity contribution < 1.29 is 23.2 Å². The van der Waals surface area contributed by atoms with Gasteiger partial charge in [0.1, 0.15) is 11.6 Å². The molecule has 1 saturated heterocycles. The van der Waals surface area contributed by atoms with E-state index in [-0.39, 0.29) is 35.4 Å². The maximum absolute atomic E-state index is 13.6. The van der Waals surface area contributed by atoms with Crippen LogP contribution in [0.15, 0.2) is 66.7 Å².